The molecular weight excluding hydrogens is 328 g/mol. The molecule has 1 N–H and O–H groups in total. The molecule has 2 aliphatic rings. The molecule has 0 saturated carbocycles. The van der Waals surface area contributed by atoms with Gasteiger partial charge in [-0.1, -0.05) is 71.1 Å². The van der Waals surface area contributed by atoms with Gasteiger partial charge in [0.05, 0.1) is 18.3 Å². The summed E-state index contributed by atoms with van der Waals surface area (Å²) in [5.74, 6) is -0.112. The Bertz CT molecular complexity index is 384. The number of ether oxygens (including phenoxy) is 2. The number of aliphatic hydroxyl groups is 1. The summed E-state index contributed by atoms with van der Waals surface area (Å²) in [5.41, 5.74) is 0. The van der Waals surface area contributed by atoms with Crippen molar-refractivity contribution < 1.29 is 19.4 Å². The zero-order valence-corrected chi connectivity index (χ0v) is 16.8. The first-order valence-electron chi connectivity index (χ1n) is 11.2. The normalized spacial score (nSPS) is 26.1. The number of unbranched alkanes of at least 4 members (excludes halogenated alkanes) is 8. The molecule has 4 heteroatoms. The first-order valence-corrected chi connectivity index (χ1v) is 11.2. The average molecular weight is 369 g/mol. The zero-order chi connectivity index (χ0) is 18.6. The van der Waals surface area contributed by atoms with Crippen LogP contribution in [0.2, 0.25) is 0 Å². The maximum Gasteiger partial charge on any atom is 0.306 e. The summed E-state index contributed by atoms with van der Waals surface area (Å²) in [5, 5.41) is 10.0. The quantitative estimate of drug-likeness (QED) is 0.228. The van der Waals surface area contributed by atoms with E-state index in [1.165, 1.54) is 70.6 Å². The third-order valence-electron chi connectivity index (χ3n) is 5.81. The predicted molar refractivity (Wildman–Crippen MR) is 104 cm³/mol. The molecule has 0 bridgehead atoms. The molecule has 0 radical (unpaired) electrons. The lowest BCUT2D eigenvalue weighted by molar-refractivity contribution is -0.142. The fraction of sp³-hybridized carbons (Fsp3) is 0.955. The van der Waals surface area contributed by atoms with E-state index < -0.39 is 0 Å². The number of carbonyl (C=O) groups is 1. The third kappa shape index (κ3) is 9.36. The molecule has 0 spiro atoms. The van der Waals surface area contributed by atoms with E-state index in [0.717, 1.165) is 19.3 Å². The maximum atomic E-state index is 11.0. The van der Waals surface area contributed by atoms with Gasteiger partial charge in [-0.25, -0.2) is 0 Å². The van der Waals surface area contributed by atoms with Crippen molar-refractivity contribution in [1.29, 1.82) is 0 Å². The van der Waals surface area contributed by atoms with Gasteiger partial charge in [0.25, 0.3) is 0 Å². The van der Waals surface area contributed by atoms with E-state index in [1.807, 2.05) is 0 Å². The molecule has 26 heavy (non-hydrogen) atoms. The van der Waals surface area contributed by atoms with E-state index in [-0.39, 0.29) is 18.2 Å². The molecule has 0 aromatic carbocycles. The molecule has 2 saturated heterocycles. The lowest BCUT2D eigenvalue weighted by atomic mass is 10.0. The summed E-state index contributed by atoms with van der Waals surface area (Å²) in [6, 6.07) is 0. The van der Waals surface area contributed by atoms with E-state index in [0.29, 0.717) is 25.0 Å². The Hall–Kier alpha value is -0.610. The van der Waals surface area contributed by atoms with Crippen LogP contribution in [0.5, 0.6) is 0 Å². The van der Waals surface area contributed by atoms with Crippen LogP contribution in [0, 0.1) is 0 Å². The minimum Gasteiger partial charge on any atom is -0.462 e. The van der Waals surface area contributed by atoms with Crippen molar-refractivity contribution in [3.63, 3.8) is 0 Å². The first-order chi connectivity index (χ1) is 12.7. The second kappa shape index (κ2) is 12.7. The molecule has 0 aromatic heterocycles. The lowest BCUT2D eigenvalue weighted by Crippen LogP contribution is -2.17. The van der Waals surface area contributed by atoms with Crippen molar-refractivity contribution in [3.05, 3.63) is 0 Å². The summed E-state index contributed by atoms with van der Waals surface area (Å²) in [6.45, 7) is 2.26. The van der Waals surface area contributed by atoms with Crippen molar-refractivity contribution in [1.82, 2.24) is 0 Å². The molecule has 0 aliphatic carbocycles. The van der Waals surface area contributed by atoms with Gasteiger partial charge >= 0.3 is 5.97 Å². The second-order valence-corrected chi connectivity index (χ2v) is 8.30. The van der Waals surface area contributed by atoms with Gasteiger partial charge in [-0.2, -0.15) is 0 Å². The topological polar surface area (TPSA) is 59.1 Å². The largest absolute Gasteiger partial charge is 0.462 e. The SMILES string of the molecule is CCCCCCCCC1OC1CCCCCCC(O)CC1CCC(=O)O1. The van der Waals surface area contributed by atoms with Crippen LogP contribution in [0.15, 0.2) is 0 Å². The number of esters is 1. The third-order valence-corrected chi connectivity index (χ3v) is 5.81. The molecule has 0 aromatic rings. The Kier molecular flexibility index (Phi) is 10.6. The molecule has 152 valence electrons. The lowest BCUT2D eigenvalue weighted by Gasteiger charge is -2.14. The zero-order valence-electron chi connectivity index (χ0n) is 16.8. The summed E-state index contributed by atoms with van der Waals surface area (Å²) in [6.07, 6.45) is 18.8. The van der Waals surface area contributed by atoms with Crippen LogP contribution in [0.4, 0.5) is 0 Å². The van der Waals surface area contributed by atoms with Crippen LogP contribution >= 0.6 is 0 Å². The fourth-order valence-electron chi connectivity index (χ4n) is 4.06. The van der Waals surface area contributed by atoms with Crippen molar-refractivity contribution in [2.45, 2.75) is 134 Å². The second-order valence-electron chi connectivity index (χ2n) is 8.30. The van der Waals surface area contributed by atoms with Gasteiger partial charge in [-0.05, 0) is 25.7 Å². The van der Waals surface area contributed by atoms with Crippen molar-refractivity contribution in [2.75, 3.05) is 0 Å². The van der Waals surface area contributed by atoms with E-state index in [1.54, 1.807) is 0 Å². The molecule has 4 unspecified atom stereocenters. The highest BCUT2D eigenvalue weighted by Gasteiger charge is 2.36. The molecule has 2 aliphatic heterocycles. The smallest absolute Gasteiger partial charge is 0.306 e. The monoisotopic (exact) mass is 368 g/mol. The molecule has 2 heterocycles. The predicted octanol–water partition coefficient (Wildman–Crippen LogP) is 5.30. The molecule has 0 amide bonds. The summed E-state index contributed by atoms with van der Waals surface area (Å²) < 4.78 is 11.0. The van der Waals surface area contributed by atoms with Crippen LogP contribution in [0.1, 0.15) is 110 Å². The van der Waals surface area contributed by atoms with Crippen LogP contribution in [-0.4, -0.2) is 35.5 Å². The number of carbonyl (C=O) groups excluding carboxylic acids is 1. The number of rotatable bonds is 16. The summed E-state index contributed by atoms with van der Waals surface area (Å²) in [7, 11) is 0. The minimum absolute atomic E-state index is 0.0481. The van der Waals surface area contributed by atoms with E-state index >= 15 is 0 Å². The Morgan fingerprint density at radius 3 is 2.19 bits per heavy atom. The van der Waals surface area contributed by atoms with Gasteiger partial charge < -0.3 is 14.6 Å². The number of aliphatic hydroxyl groups excluding tert-OH is 1. The Morgan fingerprint density at radius 1 is 0.962 bits per heavy atom. The molecular formula is C22H40O4. The first kappa shape index (κ1) is 21.7. The maximum absolute atomic E-state index is 11.0. The Balaban J connectivity index is 1.33. The van der Waals surface area contributed by atoms with Crippen LogP contribution in [-0.2, 0) is 14.3 Å². The number of cyclic esters (lactones) is 1. The number of hydrogen-bond donors (Lipinski definition) is 1. The van der Waals surface area contributed by atoms with Crippen molar-refractivity contribution >= 4 is 5.97 Å². The van der Waals surface area contributed by atoms with E-state index in [9.17, 15) is 9.90 Å². The van der Waals surface area contributed by atoms with Gasteiger partial charge in [0.15, 0.2) is 0 Å². The van der Waals surface area contributed by atoms with Crippen LogP contribution in [0.3, 0.4) is 0 Å². The standard InChI is InChI=1S/C22H40O4/c1-2-3-4-5-6-10-13-20-21(26-20)14-11-8-7-9-12-18(23)17-19-15-16-22(24)25-19/h18-21,23H,2-17H2,1H3. The van der Waals surface area contributed by atoms with Crippen molar-refractivity contribution in [2.24, 2.45) is 0 Å². The van der Waals surface area contributed by atoms with E-state index in [2.05, 4.69) is 6.92 Å². The van der Waals surface area contributed by atoms with Crippen LogP contribution < -0.4 is 0 Å². The Labute approximate surface area is 160 Å². The number of hydrogen-bond acceptors (Lipinski definition) is 4. The molecule has 2 fully saturated rings. The summed E-state index contributed by atoms with van der Waals surface area (Å²) in [4.78, 5) is 11.0. The van der Waals surface area contributed by atoms with Gasteiger partial charge in [-0.3, -0.25) is 4.79 Å². The van der Waals surface area contributed by atoms with Gasteiger partial charge in [0.2, 0.25) is 0 Å². The molecule has 4 atom stereocenters. The summed E-state index contributed by atoms with van der Waals surface area (Å²) >= 11 is 0. The Morgan fingerprint density at radius 2 is 1.58 bits per heavy atom. The molecule has 4 nitrogen and oxygen atoms in total. The molecule has 2 rings (SSSR count). The van der Waals surface area contributed by atoms with E-state index in [4.69, 9.17) is 9.47 Å². The highest BCUT2D eigenvalue weighted by atomic mass is 16.6. The van der Waals surface area contributed by atoms with Gasteiger partial charge in [-0.15, -0.1) is 0 Å². The minimum atomic E-state index is -0.320. The highest BCUT2D eigenvalue weighted by Crippen LogP contribution is 2.32. The fourth-order valence-corrected chi connectivity index (χ4v) is 4.06. The number of epoxide rings is 1. The average Bonchev–Trinajstić information content (AvgIpc) is 3.24. The van der Waals surface area contributed by atoms with Crippen molar-refractivity contribution in [3.8, 4) is 0 Å². The highest BCUT2D eigenvalue weighted by molar-refractivity contribution is 5.71. The van der Waals surface area contributed by atoms with Crippen LogP contribution in [0.25, 0.3) is 0 Å². The van der Waals surface area contributed by atoms with Gasteiger partial charge in [0.1, 0.15) is 6.10 Å². The van der Waals surface area contributed by atoms with Gasteiger partial charge in [0, 0.05) is 12.8 Å².